The molecule has 0 unspecified atom stereocenters. The molecular formula is C11H12BN. The van der Waals surface area contributed by atoms with Gasteiger partial charge in [0.2, 0.25) is 0 Å². The summed E-state index contributed by atoms with van der Waals surface area (Å²) in [6.45, 7) is 2.13. The Kier molecular flexibility index (Phi) is 2.05. The number of nitrogens with zero attached hydrogens (tertiary/aromatic N) is 1. The van der Waals surface area contributed by atoms with Gasteiger partial charge in [-0.3, -0.25) is 4.98 Å². The van der Waals surface area contributed by atoms with Crippen LogP contribution in [0.2, 0.25) is 0 Å². The fraction of sp³-hybridized carbons (Fsp3) is 0.182. The zero-order valence-electron chi connectivity index (χ0n) is 8.04. The Morgan fingerprint density at radius 3 is 2.85 bits per heavy atom. The quantitative estimate of drug-likeness (QED) is 0.581. The Hall–Kier alpha value is -1.31. The van der Waals surface area contributed by atoms with Gasteiger partial charge in [0.15, 0.2) is 0 Å². The van der Waals surface area contributed by atoms with Crippen LogP contribution in [0.5, 0.6) is 0 Å². The van der Waals surface area contributed by atoms with Gasteiger partial charge in [-0.1, -0.05) is 30.6 Å². The van der Waals surface area contributed by atoms with Crippen LogP contribution in [0, 0.1) is 0 Å². The van der Waals surface area contributed by atoms with E-state index in [1.54, 1.807) is 0 Å². The van der Waals surface area contributed by atoms with Crippen LogP contribution in [0.15, 0.2) is 30.3 Å². The molecule has 64 valence electrons. The normalized spacial score (nSPS) is 10.5. The van der Waals surface area contributed by atoms with Crippen molar-refractivity contribution in [1.29, 1.82) is 0 Å². The highest BCUT2D eigenvalue weighted by Crippen LogP contribution is 2.10. The van der Waals surface area contributed by atoms with Crippen molar-refractivity contribution in [3.63, 3.8) is 0 Å². The predicted molar refractivity (Wildman–Crippen MR) is 59.3 cm³/mol. The third kappa shape index (κ3) is 1.57. The summed E-state index contributed by atoms with van der Waals surface area (Å²) in [6, 6.07) is 10.6. The molecule has 2 heteroatoms. The van der Waals surface area contributed by atoms with Crippen molar-refractivity contribution < 1.29 is 0 Å². The highest BCUT2D eigenvalue weighted by Gasteiger charge is 1.96. The van der Waals surface area contributed by atoms with Gasteiger partial charge >= 0.3 is 0 Å². The van der Waals surface area contributed by atoms with Crippen molar-refractivity contribution in [2.24, 2.45) is 0 Å². The van der Waals surface area contributed by atoms with Gasteiger partial charge in [0.1, 0.15) is 7.85 Å². The van der Waals surface area contributed by atoms with E-state index in [9.17, 15) is 0 Å². The van der Waals surface area contributed by atoms with Gasteiger partial charge in [0.05, 0.1) is 5.52 Å². The molecule has 2 rings (SSSR count). The summed E-state index contributed by atoms with van der Waals surface area (Å²) in [6.07, 6.45) is 1.00. The molecule has 2 aromatic rings. The lowest BCUT2D eigenvalue weighted by Crippen LogP contribution is -2.00. The first kappa shape index (κ1) is 8.30. The number of fused-ring (bicyclic) bond motifs is 1. The molecule has 0 aliphatic carbocycles. The van der Waals surface area contributed by atoms with Crippen LogP contribution < -0.4 is 5.46 Å². The van der Waals surface area contributed by atoms with Gasteiger partial charge < -0.3 is 0 Å². The monoisotopic (exact) mass is 169 g/mol. The Morgan fingerprint density at radius 2 is 2.08 bits per heavy atom. The number of hydrogen-bond donors (Lipinski definition) is 0. The van der Waals surface area contributed by atoms with Gasteiger partial charge in [-0.25, -0.2) is 0 Å². The van der Waals surface area contributed by atoms with Crippen LogP contribution in [-0.2, 0) is 6.42 Å². The van der Waals surface area contributed by atoms with E-state index in [1.165, 1.54) is 10.8 Å². The summed E-state index contributed by atoms with van der Waals surface area (Å²) in [5, 5.41) is 1.23. The lowest BCUT2D eigenvalue weighted by molar-refractivity contribution is 1.06. The third-order valence-electron chi connectivity index (χ3n) is 2.26. The molecule has 0 amide bonds. The van der Waals surface area contributed by atoms with Crippen molar-refractivity contribution in [3.05, 3.63) is 36.0 Å². The molecule has 1 nitrogen and oxygen atoms in total. The molecule has 13 heavy (non-hydrogen) atoms. The van der Waals surface area contributed by atoms with Crippen molar-refractivity contribution >= 4 is 24.2 Å². The highest BCUT2D eigenvalue weighted by molar-refractivity contribution is 6.33. The second-order valence-electron chi connectivity index (χ2n) is 3.35. The Labute approximate surface area is 79.2 Å². The Morgan fingerprint density at radius 1 is 1.23 bits per heavy atom. The molecule has 0 aliphatic heterocycles. The number of hydrogen-bond acceptors (Lipinski definition) is 1. The summed E-state index contributed by atoms with van der Waals surface area (Å²) in [5.41, 5.74) is 3.56. The molecular weight excluding hydrogens is 157 g/mol. The first-order valence-electron chi connectivity index (χ1n) is 4.66. The molecule has 0 bridgehead atoms. The van der Waals surface area contributed by atoms with Gasteiger partial charge in [-0.15, -0.1) is 0 Å². The summed E-state index contributed by atoms with van der Waals surface area (Å²) < 4.78 is 0. The maximum atomic E-state index is 4.53. The van der Waals surface area contributed by atoms with Gasteiger partial charge in [0, 0.05) is 5.69 Å². The maximum absolute atomic E-state index is 4.53. The lowest BCUT2D eigenvalue weighted by atomic mass is 9.95. The first-order valence-corrected chi connectivity index (χ1v) is 4.66. The fourth-order valence-corrected chi connectivity index (χ4v) is 1.48. The first-order chi connectivity index (χ1) is 6.29. The van der Waals surface area contributed by atoms with Crippen molar-refractivity contribution in [1.82, 2.24) is 4.98 Å². The number of aromatic nitrogens is 1. The SMILES string of the molecule is Bc1ccc2nc(CC)ccc2c1. The Bertz CT molecular complexity index is 437. The second-order valence-corrected chi connectivity index (χ2v) is 3.35. The maximum Gasteiger partial charge on any atom is 0.139 e. The van der Waals surface area contributed by atoms with E-state index in [-0.39, 0.29) is 0 Å². The predicted octanol–water partition coefficient (Wildman–Crippen LogP) is 1.06. The van der Waals surface area contributed by atoms with Crippen molar-refractivity contribution in [2.45, 2.75) is 13.3 Å². The van der Waals surface area contributed by atoms with Crippen LogP contribution >= 0.6 is 0 Å². The van der Waals surface area contributed by atoms with Crippen LogP contribution in [0.25, 0.3) is 10.9 Å². The minimum absolute atomic E-state index is 1.00. The molecule has 1 heterocycles. The van der Waals surface area contributed by atoms with Gasteiger partial charge in [-0.05, 0) is 23.9 Å². The molecule has 0 aliphatic rings. The Balaban J connectivity index is 2.66. The smallest absolute Gasteiger partial charge is 0.139 e. The summed E-state index contributed by atoms with van der Waals surface area (Å²) in [7, 11) is 2.10. The number of aryl methyl sites for hydroxylation is 1. The molecule has 0 spiro atoms. The van der Waals surface area contributed by atoms with E-state index < -0.39 is 0 Å². The standard InChI is InChI=1S/C11H12BN/c1-2-10-5-3-8-7-9(12)4-6-11(8)13-10/h3-7H,2,12H2,1H3. The largest absolute Gasteiger partial charge is 0.253 e. The third-order valence-corrected chi connectivity index (χ3v) is 2.26. The average molecular weight is 169 g/mol. The van der Waals surface area contributed by atoms with E-state index in [0.29, 0.717) is 0 Å². The minimum Gasteiger partial charge on any atom is -0.253 e. The highest BCUT2D eigenvalue weighted by atomic mass is 14.7. The molecule has 1 aromatic carbocycles. The van der Waals surface area contributed by atoms with Crippen LogP contribution in [0.4, 0.5) is 0 Å². The van der Waals surface area contributed by atoms with E-state index in [2.05, 4.69) is 50.1 Å². The second kappa shape index (κ2) is 3.21. The minimum atomic E-state index is 1.00. The molecule has 0 fully saturated rings. The average Bonchev–Trinajstić information content (AvgIpc) is 2.17. The van der Waals surface area contributed by atoms with Gasteiger partial charge in [-0.2, -0.15) is 0 Å². The number of benzene rings is 1. The van der Waals surface area contributed by atoms with Crippen molar-refractivity contribution in [3.8, 4) is 0 Å². The zero-order valence-corrected chi connectivity index (χ0v) is 8.04. The van der Waals surface area contributed by atoms with E-state index in [0.717, 1.165) is 17.6 Å². The van der Waals surface area contributed by atoms with E-state index >= 15 is 0 Å². The number of pyridine rings is 1. The van der Waals surface area contributed by atoms with Crippen LogP contribution in [0.3, 0.4) is 0 Å². The van der Waals surface area contributed by atoms with Crippen LogP contribution in [0.1, 0.15) is 12.6 Å². The van der Waals surface area contributed by atoms with Gasteiger partial charge in [0.25, 0.3) is 0 Å². The van der Waals surface area contributed by atoms with E-state index in [4.69, 9.17) is 0 Å². The van der Waals surface area contributed by atoms with Crippen molar-refractivity contribution in [2.75, 3.05) is 0 Å². The molecule has 0 saturated heterocycles. The molecule has 0 saturated carbocycles. The molecule has 0 atom stereocenters. The molecule has 0 radical (unpaired) electrons. The lowest BCUT2D eigenvalue weighted by Gasteiger charge is -2.01. The number of rotatable bonds is 1. The van der Waals surface area contributed by atoms with E-state index in [1.807, 2.05) is 0 Å². The summed E-state index contributed by atoms with van der Waals surface area (Å²) >= 11 is 0. The summed E-state index contributed by atoms with van der Waals surface area (Å²) in [4.78, 5) is 4.53. The summed E-state index contributed by atoms with van der Waals surface area (Å²) in [5.74, 6) is 0. The fourth-order valence-electron chi connectivity index (χ4n) is 1.48. The van der Waals surface area contributed by atoms with Crippen LogP contribution in [-0.4, -0.2) is 12.8 Å². The topological polar surface area (TPSA) is 12.9 Å². The molecule has 0 N–H and O–H groups in total. The molecule has 1 aromatic heterocycles. The zero-order chi connectivity index (χ0) is 9.26.